The van der Waals surface area contributed by atoms with Crippen LogP contribution in [0.25, 0.3) is 0 Å². The van der Waals surface area contributed by atoms with Gasteiger partial charge in [-0.1, -0.05) is 54.4 Å². The number of nitrogens with zero attached hydrogens (tertiary/aromatic N) is 1. The van der Waals surface area contributed by atoms with Gasteiger partial charge in [-0.2, -0.15) is 0 Å². The van der Waals surface area contributed by atoms with Gasteiger partial charge in [-0.05, 0) is 24.7 Å². The molecular weight excluding hydrogens is 232 g/mol. The molecule has 0 aromatic carbocycles. The van der Waals surface area contributed by atoms with Gasteiger partial charge in [-0.25, -0.2) is 0 Å². The zero-order valence-corrected chi connectivity index (χ0v) is 14.1. The van der Waals surface area contributed by atoms with Crippen LogP contribution in [-0.4, -0.2) is 36.1 Å². The SMILES string of the molecule is CCC(CC)CN1CC(CC)(CC)NCC1C(C)C. The van der Waals surface area contributed by atoms with E-state index in [1.807, 2.05) is 0 Å². The molecule has 0 aromatic heterocycles. The zero-order valence-electron chi connectivity index (χ0n) is 14.1. The van der Waals surface area contributed by atoms with Crippen molar-refractivity contribution in [3.63, 3.8) is 0 Å². The summed E-state index contributed by atoms with van der Waals surface area (Å²) in [7, 11) is 0. The summed E-state index contributed by atoms with van der Waals surface area (Å²) < 4.78 is 0. The van der Waals surface area contributed by atoms with Crippen molar-refractivity contribution in [1.29, 1.82) is 0 Å². The van der Waals surface area contributed by atoms with Crippen LogP contribution in [0, 0.1) is 11.8 Å². The van der Waals surface area contributed by atoms with Crippen molar-refractivity contribution in [2.75, 3.05) is 19.6 Å². The highest BCUT2D eigenvalue weighted by Crippen LogP contribution is 2.27. The third kappa shape index (κ3) is 4.19. The lowest BCUT2D eigenvalue weighted by molar-refractivity contribution is 0.0372. The number of piperazine rings is 1. The Balaban J connectivity index is 2.78. The summed E-state index contributed by atoms with van der Waals surface area (Å²) >= 11 is 0. The summed E-state index contributed by atoms with van der Waals surface area (Å²) in [5, 5.41) is 3.86. The van der Waals surface area contributed by atoms with Crippen molar-refractivity contribution in [1.82, 2.24) is 10.2 Å². The van der Waals surface area contributed by atoms with Crippen LogP contribution in [0.1, 0.15) is 67.2 Å². The lowest BCUT2D eigenvalue weighted by Gasteiger charge is -2.49. The minimum absolute atomic E-state index is 0.359. The zero-order chi connectivity index (χ0) is 14.5. The Morgan fingerprint density at radius 3 is 2.11 bits per heavy atom. The molecule has 0 radical (unpaired) electrons. The average molecular weight is 268 g/mol. The first-order valence-corrected chi connectivity index (χ1v) is 8.50. The monoisotopic (exact) mass is 268 g/mol. The normalized spacial score (nSPS) is 24.3. The smallest absolute Gasteiger partial charge is 0.0304 e. The molecule has 1 N–H and O–H groups in total. The minimum Gasteiger partial charge on any atom is -0.308 e. The Morgan fingerprint density at radius 1 is 1.11 bits per heavy atom. The molecule has 1 aliphatic rings. The molecule has 0 aromatic rings. The molecule has 1 saturated heterocycles. The summed E-state index contributed by atoms with van der Waals surface area (Å²) in [6.07, 6.45) is 5.12. The predicted octanol–water partition coefficient (Wildman–Crippen LogP) is 3.91. The molecule has 0 spiro atoms. The van der Waals surface area contributed by atoms with E-state index in [1.54, 1.807) is 0 Å². The van der Waals surface area contributed by atoms with Gasteiger partial charge in [0.25, 0.3) is 0 Å². The van der Waals surface area contributed by atoms with Crippen LogP contribution in [0.2, 0.25) is 0 Å². The second kappa shape index (κ2) is 7.64. The maximum atomic E-state index is 3.86. The molecule has 1 atom stereocenters. The van der Waals surface area contributed by atoms with Crippen molar-refractivity contribution < 1.29 is 0 Å². The lowest BCUT2D eigenvalue weighted by atomic mass is 9.85. The first-order valence-electron chi connectivity index (χ1n) is 8.50. The average Bonchev–Trinajstić information content (AvgIpc) is 2.44. The summed E-state index contributed by atoms with van der Waals surface area (Å²) in [4.78, 5) is 2.80. The van der Waals surface area contributed by atoms with Crippen LogP contribution in [0.4, 0.5) is 0 Å². The maximum Gasteiger partial charge on any atom is 0.0304 e. The first kappa shape index (κ1) is 17.0. The molecule has 1 heterocycles. The highest BCUT2D eigenvalue weighted by atomic mass is 15.3. The summed E-state index contributed by atoms with van der Waals surface area (Å²) in [5.41, 5.74) is 0.359. The van der Waals surface area contributed by atoms with Gasteiger partial charge in [-0.3, -0.25) is 4.90 Å². The number of hydrogen-bond acceptors (Lipinski definition) is 2. The van der Waals surface area contributed by atoms with E-state index in [0.717, 1.165) is 11.8 Å². The molecule has 114 valence electrons. The topological polar surface area (TPSA) is 15.3 Å². The van der Waals surface area contributed by atoms with Crippen LogP contribution >= 0.6 is 0 Å². The largest absolute Gasteiger partial charge is 0.308 e. The fourth-order valence-corrected chi connectivity index (χ4v) is 3.47. The standard InChI is InChI=1S/C17H36N2/c1-7-15(8-2)12-19-13-17(9-3,10-4)18-11-16(19)14(5)6/h14-16,18H,7-13H2,1-6H3. The molecular formula is C17H36N2. The van der Waals surface area contributed by atoms with Gasteiger partial charge < -0.3 is 5.32 Å². The summed E-state index contributed by atoms with van der Waals surface area (Å²) in [5.74, 6) is 1.61. The predicted molar refractivity (Wildman–Crippen MR) is 85.6 cm³/mol. The Morgan fingerprint density at radius 2 is 1.68 bits per heavy atom. The van der Waals surface area contributed by atoms with E-state index in [9.17, 15) is 0 Å². The Bertz CT molecular complexity index is 242. The van der Waals surface area contributed by atoms with Gasteiger partial charge in [0, 0.05) is 31.2 Å². The summed E-state index contributed by atoms with van der Waals surface area (Å²) in [6, 6.07) is 0.715. The van der Waals surface area contributed by atoms with Gasteiger partial charge in [0.2, 0.25) is 0 Å². The molecule has 2 nitrogen and oxygen atoms in total. The van der Waals surface area contributed by atoms with Crippen LogP contribution in [0.5, 0.6) is 0 Å². The van der Waals surface area contributed by atoms with Gasteiger partial charge in [-0.15, -0.1) is 0 Å². The van der Waals surface area contributed by atoms with Crippen molar-refractivity contribution in [2.24, 2.45) is 11.8 Å². The third-order valence-corrected chi connectivity index (χ3v) is 5.43. The van der Waals surface area contributed by atoms with E-state index in [-0.39, 0.29) is 0 Å². The van der Waals surface area contributed by atoms with Crippen molar-refractivity contribution in [2.45, 2.75) is 78.8 Å². The molecule has 0 saturated carbocycles. The lowest BCUT2D eigenvalue weighted by Crippen LogP contribution is -2.65. The minimum atomic E-state index is 0.359. The number of nitrogens with one attached hydrogen (secondary N) is 1. The molecule has 0 amide bonds. The highest BCUT2D eigenvalue weighted by molar-refractivity contribution is 4.97. The third-order valence-electron chi connectivity index (χ3n) is 5.43. The Labute approximate surface area is 121 Å². The maximum absolute atomic E-state index is 3.86. The number of rotatable bonds is 7. The van der Waals surface area contributed by atoms with Crippen LogP contribution in [0.3, 0.4) is 0 Å². The molecule has 1 fully saturated rings. The molecule has 1 unspecified atom stereocenters. The van der Waals surface area contributed by atoms with E-state index in [2.05, 4.69) is 51.8 Å². The van der Waals surface area contributed by atoms with Gasteiger partial charge >= 0.3 is 0 Å². The van der Waals surface area contributed by atoms with Crippen molar-refractivity contribution >= 4 is 0 Å². The van der Waals surface area contributed by atoms with E-state index < -0.39 is 0 Å². The molecule has 19 heavy (non-hydrogen) atoms. The van der Waals surface area contributed by atoms with Gasteiger partial charge in [0.05, 0.1) is 0 Å². The van der Waals surface area contributed by atoms with Crippen LogP contribution in [-0.2, 0) is 0 Å². The molecule has 0 bridgehead atoms. The second-order valence-corrected chi connectivity index (χ2v) is 6.79. The number of hydrogen-bond donors (Lipinski definition) is 1. The molecule has 1 aliphatic heterocycles. The van der Waals surface area contributed by atoms with Crippen LogP contribution < -0.4 is 5.32 Å². The molecule has 0 aliphatic carbocycles. The fourth-order valence-electron chi connectivity index (χ4n) is 3.47. The van der Waals surface area contributed by atoms with Crippen LogP contribution in [0.15, 0.2) is 0 Å². The highest BCUT2D eigenvalue weighted by Gasteiger charge is 2.38. The van der Waals surface area contributed by atoms with Crippen molar-refractivity contribution in [3.8, 4) is 0 Å². The van der Waals surface area contributed by atoms with E-state index >= 15 is 0 Å². The Kier molecular flexibility index (Phi) is 6.82. The Hall–Kier alpha value is -0.0800. The molecule has 1 rings (SSSR count). The quantitative estimate of drug-likeness (QED) is 0.753. The van der Waals surface area contributed by atoms with E-state index in [1.165, 1.54) is 45.3 Å². The van der Waals surface area contributed by atoms with Crippen molar-refractivity contribution in [3.05, 3.63) is 0 Å². The van der Waals surface area contributed by atoms with Gasteiger partial charge in [0.1, 0.15) is 0 Å². The first-order chi connectivity index (χ1) is 9.01. The second-order valence-electron chi connectivity index (χ2n) is 6.79. The van der Waals surface area contributed by atoms with E-state index in [4.69, 9.17) is 0 Å². The summed E-state index contributed by atoms with van der Waals surface area (Å²) in [6.45, 7) is 17.8. The van der Waals surface area contributed by atoms with Gasteiger partial charge in [0.15, 0.2) is 0 Å². The van der Waals surface area contributed by atoms with E-state index in [0.29, 0.717) is 11.6 Å². The molecule has 2 heteroatoms. The fraction of sp³-hybridized carbons (Fsp3) is 1.00.